The van der Waals surface area contributed by atoms with E-state index in [1.807, 2.05) is 19.1 Å². The molecule has 0 atom stereocenters. The van der Waals surface area contributed by atoms with Gasteiger partial charge in [0.15, 0.2) is 0 Å². The van der Waals surface area contributed by atoms with Gasteiger partial charge in [0.2, 0.25) is 0 Å². The van der Waals surface area contributed by atoms with Crippen LogP contribution in [0.5, 0.6) is 11.5 Å². The Labute approximate surface area is 173 Å². The van der Waals surface area contributed by atoms with Crippen LogP contribution in [0.25, 0.3) is 6.08 Å². The normalized spacial score (nSPS) is 11.2. The predicted octanol–water partition coefficient (Wildman–Crippen LogP) is 4.73. The lowest BCUT2D eigenvalue weighted by molar-refractivity contribution is -0.114. The molecule has 0 saturated carbocycles. The van der Waals surface area contributed by atoms with Gasteiger partial charge in [0.05, 0.1) is 0 Å². The quantitative estimate of drug-likeness (QED) is 0.363. The van der Waals surface area contributed by atoms with Gasteiger partial charge in [-0.3, -0.25) is 4.79 Å². The topological polar surface area (TPSA) is 85.3 Å². The molecule has 6 heteroatoms. The molecular weight excluding hydrogens is 420 g/mol. The molecule has 0 saturated heterocycles. The maximum atomic E-state index is 11.3. The number of ether oxygens (including phenoxy) is 2. The zero-order valence-electron chi connectivity index (χ0n) is 16.2. The summed E-state index contributed by atoms with van der Waals surface area (Å²) in [6.45, 7) is 6.95. The lowest BCUT2D eigenvalue weighted by atomic mass is 10.0. The third kappa shape index (κ3) is 5.86. The molecule has 0 aliphatic rings. The maximum absolute atomic E-state index is 11.3. The highest BCUT2D eigenvalue weighted by Gasteiger charge is 2.10. The van der Waals surface area contributed by atoms with Gasteiger partial charge in [0.25, 0.3) is 5.91 Å². The van der Waals surface area contributed by atoms with Crippen LogP contribution < -0.4 is 15.2 Å². The Kier molecular flexibility index (Phi) is 7.65. The molecule has 0 aromatic heterocycles. The Morgan fingerprint density at radius 2 is 1.86 bits per heavy atom. The van der Waals surface area contributed by atoms with E-state index in [0.29, 0.717) is 30.4 Å². The second-order valence-electron chi connectivity index (χ2n) is 6.61. The monoisotopic (exact) mass is 442 g/mol. The van der Waals surface area contributed by atoms with Crippen LogP contribution in [0.15, 0.2) is 46.4 Å². The molecule has 0 unspecified atom stereocenters. The molecule has 0 radical (unpaired) electrons. The van der Waals surface area contributed by atoms with Crippen molar-refractivity contribution in [2.75, 3.05) is 13.2 Å². The van der Waals surface area contributed by atoms with Gasteiger partial charge < -0.3 is 15.2 Å². The fraction of sp³-hybridized carbons (Fsp3) is 0.273. The van der Waals surface area contributed by atoms with E-state index in [2.05, 4.69) is 41.9 Å². The van der Waals surface area contributed by atoms with Gasteiger partial charge >= 0.3 is 0 Å². The van der Waals surface area contributed by atoms with Gasteiger partial charge in [-0.15, -0.1) is 0 Å². The number of rotatable bonds is 8. The van der Waals surface area contributed by atoms with Gasteiger partial charge in [0, 0.05) is 10.0 Å². The van der Waals surface area contributed by atoms with Crippen LogP contribution in [0.4, 0.5) is 0 Å². The molecule has 2 N–H and O–H groups in total. The van der Waals surface area contributed by atoms with Gasteiger partial charge in [-0.25, -0.2) is 0 Å². The maximum Gasteiger partial charge on any atom is 0.259 e. The highest BCUT2D eigenvalue weighted by Crippen LogP contribution is 2.28. The molecule has 0 fully saturated rings. The molecular formula is C22H23BrN2O3. The number of nitrogens with two attached hydrogens (primary N) is 1. The average Bonchev–Trinajstić information content (AvgIpc) is 2.64. The molecule has 146 valence electrons. The Morgan fingerprint density at radius 3 is 2.46 bits per heavy atom. The van der Waals surface area contributed by atoms with Crippen molar-refractivity contribution in [3.05, 3.63) is 63.1 Å². The number of amides is 1. The summed E-state index contributed by atoms with van der Waals surface area (Å²) in [6.07, 6.45) is 1.42. The van der Waals surface area contributed by atoms with Crippen molar-refractivity contribution in [3.63, 3.8) is 0 Å². The summed E-state index contributed by atoms with van der Waals surface area (Å²) in [7, 11) is 0. The van der Waals surface area contributed by atoms with Crippen LogP contribution in [0.3, 0.4) is 0 Å². The first kappa shape index (κ1) is 21.5. The Morgan fingerprint density at radius 1 is 1.18 bits per heavy atom. The van der Waals surface area contributed by atoms with E-state index in [9.17, 15) is 4.79 Å². The number of aryl methyl sites for hydroxylation is 1. The zero-order valence-corrected chi connectivity index (χ0v) is 17.7. The van der Waals surface area contributed by atoms with Crippen molar-refractivity contribution in [2.24, 2.45) is 5.73 Å². The number of nitrogens with zero attached hydrogens (tertiary/aromatic N) is 1. The number of benzene rings is 2. The molecule has 0 spiro atoms. The van der Waals surface area contributed by atoms with E-state index in [0.717, 1.165) is 21.3 Å². The van der Waals surface area contributed by atoms with Crippen LogP contribution in [0, 0.1) is 18.3 Å². The first-order valence-corrected chi connectivity index (χ1v) is 9.68. The molecule has 2 aromatic rings. The molecule has 1 amide bonds. The van der Waals surface area contributed by atoms with E-state index in [1.54, 1.807) is 18.2 Å². The number of halogens is 1. The summed E-state index contributed by atoms with van der Waals surface area (Å²) >= 11 is 3.38. The van der Waals surface area contributed by atoms with Gasteiger partial charge in [-0.1, -0.05) is 41.9 Å². The minimum absolute atomic E-state index is 0.138. The van der Waals surface area contributed by atoms with Crippen molar-refractivity contribution in [2.45, 2.75) is 26.7 Å². The van der Waals surface area contributed by atoms with Crippen molar-refractivity contribution in [1.82, 2.24) is 0 Å². The van der Waals surface area contributed by atoms with Crippen molar-refractivity contribution >= 4 is 27.9 Å². The molecule has 5 nitrogen and oxygen atoms in total. The minimum atomic E-state index is -0.780. The average molecular weight is 443 g/mol. The SMILES string of the molecule is Cc1ccc(C(C)C)c(OCCOc2ccc(Br)cc2/C=C(\C#N)C(N)=O)c1. The summed E-state index contributed by atoms with van der Waals surface area (Å²) in [5.74, 6) is 0.972. The second-order valence-corrected chi connectivity index (χ2v) is 7.52. The third-order valence-corrected chi connectivity index (χ3v) is 4.54. The summed E-state index contributed by atoms with van der Waals surface area (Å²) in [5.41, 5.74) is 7.95. The lowest BCUT2D eigenvalue weighted by Gasteiger charge is -2.16. The molecule has 0 aliphatic heterocycles. The van der Waals surface area contributed by atoms with Crippen molar-refractivity contribution in [1.29, 1.82) is 5.26 Å². The molecule has 2 aromatic carbocycles. The first-order chi connectivity index (χ1) is 13.3. The van der Waals surface area contributed by atoms with Crippen LogP contribution in [-0.4, -0.2) is 19.1 Å². The molecule has 0 bridgehead atoms. The Balaban J connectivity index is 2.09. The van der Waals surface area contributed by atoms with E-state index in [1.165, 1.54) is 6.08 Å². The number of hydrogen-bond acceptors (Lipinski definition) is 4. The van der Waals surface area contributed by atoms with Crippen LogP contribution >= 0.6 is 15.9 Å². The van der Waals surface area contributed by atoms with Crippen molar-refractivity contribution in [3.8, 4) is 17.6 Å². The highest BCUT2D eigenvalue weighted by molar-refractivity contribution is 9.10. The smallest absolute Gasteiger partial charge is 0.259 e. The fourth-order valence-electron chi connectivity index (χ4n) is 2.62. The summed E-state index contributed by atoms with van der Waals surface area (Å²) < 4.78 is 12.5. The van der Waals surface area contributed by atoms with Gasteiger partial charge in [-0.2, -0.15) is 5.26 Å². The van der Waals surface area contributed by atoms with Crippen LogP contribution in [-0.2, 0) is 4.79 Å². The number of hydrogen-bond donors (Lipinski definition) is 1. The second kappa shape index (κ2) is 9.95. The summed E-state index contributed by atoms with van der Waals surface area (Å²) in [6, 6.07) is 13.3. The minimum Gasteiger partial charge on any atom is -0.490 e. The standard InChI is InChI=1S/C22H23BrN2O3/c1-14(2)19-6-4-15(3)10-21(19)28-9-8-27-20-7-5-18(23)12-16(20)11-17(13-24)22(25)26/h4-7,10-12,14H,8-9H2,1-3H3,(H2,25,26)/b17-11+. The highest BCUT2D eigenvalue weighted by atomic mass is 79.9. The Bertz CT molecular complexity index is 930. The third-order valence-electron chi connectivity index (χ3n) is 4.05. The van der Waals surface area contributed by atoms with Crippen LogP contribution in [0.2, 0.25) is 0 Å². The van der Waals surface area contributed by atoms with Crippen LogP contribution in [0.1, 0.15) is 36.5 Å². The summed E-state index contributed by atoms with van der Waals surface area (Å²) in [4.78, 5) is 11.3. The molecule has 0 aliphatic carbocycles. The Hall–Kier alpha value is -2.78. The van der Waals surface area contributed by atoms with E-state index >= 15 is 0 Å². The van der Waals surface area contributed by atoms with Gasteiger partial charge in [0.1, 0.15) is 36.4 Å². The zero-order chi connectivity index (χ0) is 20.7. The predicted molar refractivity (Wildman–Crippen MR) is 113 cm³/mol. The van der Waals surface area contributed by atoms with E-state index < -0.39 is 5.91 Å². The number of primary amides is 1. The first-order valence-electron chi connectivity index (χ1n) is 8.89. The molecule has 0 heterocycles. The van der Waals surface area contributed by atoms with Crippen molar-refractivity contribution < 1.29 is 14.3 Å². The van der Waals surface area contributed by atoms with Gasteiger partial charge in [-0.05, 0) is 54.3 Å². The van der Waals surface area contributed by atoms with E-state index in [-0.39, 0.29) is 5.57 Å². The van der Waals surface area contributed by atoms with E-state index in [4.69, 9.17) is 20.5 Å². The number of carbonyl (C=O) groups excluding carboxylic acids is 1. The molecule has 2 rings (SSSR count). The number of nitriles is 1. The largest absolute Gasteiger partial charge is 0.490 e. The molecule has 28 heavy (non-hydrogen) atoms. The fourth-order valence-corrected chi connectivity index (χ4v) is 3.00. The lowest BCUT2D eigenvalue weighted by Crippen LogP contribution is -2.13. The number of carbonyl (C=O) groups is 1. The summed E-state index contributed by atoms with van der Waals surface area (Å²) in [5, 5.41) is 9.06.